The highest BCUT2D eigenvalue weighted by molar-refractivity contribution is 7.91. The van der Waals surface area contributed by atoms with Crippen LogP contribution in [0.1, 0.15) is 32.4 Å². The van der Waals surface area contributed by atoms with Gasteiger partial charge in [0.15, 0.2) is 9.84 Å². The molecular formula is C15H23NO3S. The number of rotatable bonds is 3. The van der Waals surface area contributed by atoms with E-state index in [0.717, 1.165) is 17.9 Å². The zero-order chi connectivity index (χ0) is 14.8. The van der Waals surface area contributed by atoms with Crippen LogP contribution in [0.15, 0.2) is 24.3 Å². The van der Waals surface area contributed by atoms with Gasteiger partial charge in [-0.1, -0.05) is 19.1 Å². The lowest BCUT2D eigenvalue weighted by Crippen LogP contribution is -2.26. The lowest BCUT2D eigenvalue weighted by Gasteiger charge is -2.17. The minimum absolute atomic E-state index is 0.127. The summed E-state index contributed by atoms with van der Waals surface area (Å²) < 4.78 is 29.6. The molecule has 0 aliphatic carbocycles. The van der Waals surface area contributed by atoms with Gasteiger partial charge in [0.25, 0.3) is 0 Å². The van der Waals surface area contributed by atoms with Crippen molar-refractivity contribution in [3.05, 3.63) is 29.8 Å². The van der Waals surface area contributed by atoms with Crippen LogP contribution in [0.25, 0.3) is 0 Å². The van der Waals surface area contributed by atoms with E-state index < -0.39 is 9.84 Å². The van der Waals surface area contributed by atoms with E-state index in [1.165, 1.54) is 0 Å². The number of nitrogens with one attached hydrogen (secondary N) is 1. The molecule has 1 aromatic carbocycles. The maximum atomic E-state index is 12.0. The molecular weight excluding hydrogens is 274 g/mol. The fraction of sp³-hybridized carbons (Fsp3) is 0.600. The molecule has 1 aliphatic rings. The molecule has 2 atom stereocenters. The summed E-state index contributed by atoms with van der Waals surface area (Å²) in [7, 11) is -2.99. The maximum Gasteiger partial charge on any atom is 0.152 e. The Morgan fingerprint density at radius 2 is 1.85 bits per heavy atom. The number of sulfone groups is 1. The highest BCUT2D eigenvalue weighted by atomic mass is 32.2. The third kappa shape index (κ3) is 4.21. The predicted molar refractivity (Wildman–Crippen MR) is 80.8 cm³/mol. The Hall–Kier alpha value is -1.07. The first-order valence-corrected chi connectivity index (χ1v) is 8.88. The van der Waals surface area contributed by atoms with Gasteiger partial charge in [-0.05, 0) is 44.0 Å². The van der Waals surface area contributed by atoms with E-state index in [2.05, 4.69) is 5.32 Å². The molecule has 0 bridgehead atoms. The van der Waals surface area contributed by atoms with Crippen LogP contribution in [0.4, 0.5) is 0 Å². The smallest absolute Gasteiger partial charge is 0.152 e. The van der Waals surface area contributed by atoms with Gasteiger partial charge in [-0.3, -0.25) is 0 Å². The van der Waals surface area contributed by atoms with E-state index in [0.29, 0.717) is 0 Å². The predicted octanol–water partition coefficient (Wildman–Crippen LogP) is 2.17. The van der Waals surface area contributed by atoms with Crippen molar-refractivity contribution in [3.63, 3.8) is 0 Å². The Bertz CT molecular complexity index is 537. The quantitative estimate of drug-likeness (QED) is 0.929. The van der Waals surface area contributed by atoms with Crippen LogP contribution < -0.4 is 10.1 Å². The molecule has 0 amide bonds. The van der Waals surface area contributed by atoms with Gasteiger partial charge in [0.2, 0.25) is 0 Å². The zero-order valence-corrected chi connectivity index (χ0v) is 13.1. The molecule has 20 heavy (non-hydrogen) atoms. The lowest BCUT2D eigenvalue weighted by molar-refractivity contribution is 0.242. The Labute approximate surface area is 121 Å². The summed E-state index contributed by atoms with van der Waals surface area (Å²) >= 11 is 0. The molecule has 1 fully saturated rings. The molecule has 1 aromatic rings. The highest BCUT2D eigenvalue weighted by Crippen LogP contribution is 2.23. The largest absolute Gasteiger partial charge is 0.491 e. The van der Waals surface area contributed by atoms with Gasteiger partial charge in [0, 0.05) is 6.04 Å². The lowest BCUT2D eigenvalue weighted by atomic mass is 10.1. The topological polar surface area (TPSA) is 55.4 Å². The minimum atomic E-state index is -2.99. The van der Waals surface area contributed by atoms with Crippen molar-refractivity contribution in [2.45, 2.75) is 32.9 Å². The molecule has 1 N–H and O–H groups in total. The molecule has 1 aliphatic heterocycles. The summed E-state index contributed by atoms with van der Waals surface area (Å²) in [5.74, 6) is 1.41. The van der Waals surface area contributed by atoms with E-state index in [1.807, 2.05) is 45.0 Å². The second-order valence-corrected chi connectivity index (χ2v) is 8.03. The standard InChI is InChI=1S/C15H23NO3S/c1-11(2)19-14-6-4-13(5-7-14)15-10-20(17,18)9-12(3)8-16-15/h4-7,11-12,15-16H,8-10H2,1-3H3. The van der Waals surface area contributed by atoms with Crippen LogP contribution >= 0.6 is 0 Å². The van der Waals surface area contributed by atoms with E-state index in [9.17, 15) is 8.42 Å². The SMILES string of the molecule is CC1CNC(c2ccc(OC(C)C)cc2)CS(=O)(=O)C1. The third-order valence-corrected chi connectivity index (χ3v) is 5.24. The van der Waals surface area contributed by atoms with Crippen molar-refractivity contribution in [3.8, 4) is 5.75 Å². The van der Waals surface area contributed by atoms with Gasteiger partial charge >= 0.3 is 0 Å². The van der Waals surface area contributed by atoms with Crippen molar-refractivity contribution in [2.24, 2.45) is 5.92 Å². The van der Waals surface area contributed by atoms with Crippen LogP contribution in [0.5, 0.6) is 5.75 Å². The Morgan fingerprint density at radius 1 is 1.20 bits per heavy atom. The molecule has 5 heteroatoms. The van der Waals surface area contributed by atoms with Crippen molar-refractivity contribution >= 4 is 9.84 Å². The Kier molecular flexibility index (Phi) is 4.70. The van der Waals surface area contributed by atoms with Crippen LogP contribution in [0, 0.1) is 5.92 Å². The molecule has 4 nitrogen and oxygen atoms in total. The zero-order valence-electron chi connectivity index (χ0n) is 12.3. The summed E-state index contributed by atoms with van der Waals surface area (Å²) in [6.07, 6.45) is 0.137. The Morgan fingerprint density at radius 3 is 2.45 bits per heavy atom. The normalized spacial score (nSPS) is 26.2. The maximum absolute atomic E-state index is 12.0. The van der Waals surface area contributed by atoms with E-state index >= 15 is 0 Å². The van der Waals surface area contributed by atoms with Crippen LogP contribution in [0.2, 0.25) is 0 Å². The summed E-state index contributed by atoms with van der Waals surface area (Å²) in [6.45, 7) is 6.66. The van der Waals surface area contributed by atoms with Crippen molar-refractivity contribution in [1.29, 1.82) is 0 Å². The van der Waals surface area contributed by atoms with Crippen molar-refractivity contribution in [1.82, 2.24) is 5.32 Å². The molecule has 0 saturated carbocycles. The average molecular weight is 297 g/mol. The van der Waals surface area contributed by atoms with Crippen molar-refractivity contribution < 1.29 is 13.2 Å². The first-order chi connectivity index (χ1) is 9.35. The number of ether oxygens (including phenoxy) is 1. The molecule has 112 valence electrons. The van der Waals surface area contributed by atoms with Crippen LogP contribution in [0.3, 0.4) is 0 Å². The fourth-order valence-corrected chi connectivity index (χ4v) is 4.42. The van der Waals surface area contributed by atoms with E-state index in [4.69, 9.17) is 4.74 Å². The number of benzene rings is 1. The second kappa shape index (κ2) is 6.14. The summed E-state index contributed by atoms with van der Waals surface area (Å²) in [6, 6.07) is 7.57. The van der Waals surface area contributed by atoms with Gasteiger partial charge in [-0.15, -0.1) is 0 Å². The van der Waals surface area contributed by atoms with E-state index in [1.54, 1.807) is 0 Å². The third-order valence-electron chi connectivity index (χ3n) is 3.33. The van der Waals surface area contributed by atoms with Crippen LogP contribution in [-0.2, 0) is 9.84 Å². The molecule has 2 unspecified atom stereocenters. The van der Waals surface area contributed by atoms with Gasteiger partial charge in [0.1, 0.15) is 5.75 Å². The van der Waals surface area contributed by atoms with Crippen molar-refractivity contribution in [2.75, 3.05) is 18.1 Å². The Balaban J connectivity index is 2.14. The second-order valence-electron chi connectivity index (χ2n) is 5.88. The number of hydrogen-bond donors (Lipinski definition) is 1. The molecule has 0 aromatic heterocycles. The summed E-state index contributed by atoms with van der Waals surface area (Å²) in [4.78, 5) is 0. The minimum Gasteiger partial charge on any atom is -0.491 e. The van der Waals surface area contributed by atoms with E-state index in [-0.39, 0.29) is 29.6 Å². The monoisotopic (exact) mass is 297 g/mol. The molecule has 0 spiro atoms. The van der Waals surface area contributed by atoms with Gasteiger partial charge in [0.05, 0.1) is 17.6 Å². The fourth-order valence-electron chi connectivity index (χ4n) is 2.48. The van der Waals surface area contributed by atoms with Gasteiger partial charge in [-0.25, -0.2) is 8.42 Å². The summed E-state index contributed by atoms with van der Waals surface area (Å²) in [5.41, 5.74) is 0.999. The first-order valence-electron chi connectivity index (χ1n) is 7.06. The number of hydrogen-bond acceptors (Lipinski definition) is 4. The van der Waals surface area contributed by atoms with Gasteiger partial charge in [-0.2, -0.15) is 0 Å². The van der Waals surface area contributed by atoms with Gasteiger partial charge < -0.3 is 10.1 Å². The average Bonchev–Trinajstić information content (AvgIpc) is 2.47. The molecule has 0 radical (unpaired) electrons. The highest BCUT2D eigenvalue weighted by Gasteiger charge is 2.27. The molecule has 2 rings (SSSR count). The van der Waals surface area contributed by atoms with Crippen LogP contribution in [-0.4, -0.2) is 32.6 Å². The summed E-state index contributed by atoms with van der Waals surface area (Å²) in [5, 5.41) is 3.34. The molecule has 1 saturated heterocycles. The first kappa shape index (κ1) is 15.3. The molecule has 1 heterocycles.